The zero-order valence-corrected chi connectivity index (χ0v) is 19.6. The van der Waals surface area contributed by atoms with Crippen LogP contribution in [0, 0.1) is 11.6 Å². The Morgan fingerprint density at radius 3 is 2.46 bits per heavy atom. The van der Waals surface area contributed by atoms with Gasteiger partial charge in [0.1, 0.15) is 12.6 Å². The Kier molecular flexibility index (Phi) is 7.39. The van der Waals surface area contributed by atoms with E-state index in [1.165, 1.54) is 6.07 Å². The number of halogens is 5. The van der Waals surface area contributed by atoms with Gasteiger partial charge in [-0.25, -0.2) is 23.5 Å². The normalized spacial score (nSPS) is 18.3. The zero-order valence-electron chi connectivity index (χ0n) is 19.6. The number of nitrogens with zero attached hydrogens (tertiary/aromatic N) is 3. The van der Waals surface area contributed by atoms with Crippen molar-refractivity contribution in [1.82, 2.24) is 9.97 Å². The number of hydrogen-bond acceptors (Lipinski definition) is 7. The molecule has 1 aliphatic rings. The van der Waals surface area contributed by atoms with Crippen molar-refractivity contribution in [3.63, 3.8) is 0 Å². The second kappa shape index (κ2) is 9.80. The molecule has 1 aromatic carbocycles. The molecule has 35 heavy (non-hydrogen) atoms. The summed E-state index contributed by atoms with van der Waals surface area (Å²) in [5.74, 6) is -3.52. The van der Waals surface area contributed by atoms with E-state index in [0.29, 0.717) is 0 Å². The number of carbonyl (C=O) groups excluding carboxylic acids is 1. The molecule has 3 rings (SSSR count). The Morgan fingerprint density at radius 2 is 1.86 bits per heavy atom. The standard InChI is InChI=1S/C22H25F5N4O4/c1-11(13-6-7-17(14(23)8-13)35-22(25,26)27)29-19-28-9-15(24)18(30-19)31-16(10-33-20(31)32)12(2)34-21(3,4)5/h6-9,11-12,16H,10H2,1-5H3,(H,28,29,30)/t11-,12+,16+/m0/s1. The number of carbonyl (C=O) groups is 1. The summed E-state index contributed by atoms with van der Waals surface area (Å²) in [7, 11) is 0. The lowest BCUT2D eigenvalue weighted by Gasteiger charge is -2.31. The molecule has 0 aliphatic carbocycles. The van der Waals surface area contributed by atoms with Gasteiger partial charge in [0.2, 0.25) is 5.95 Å². The molecule has 0 saturated carbocycles. The summed E-state index contributed by atoms with van der Waals surface area (Å²) in [5, 5.41) is 2.81. The lowest BCUT2D eigenvalue weighted by Crippen LogP contribution is -2.45. The first-order chi connectivity index (χ1) is 16.1. The van der Waals surface area contributed by atoms with Crippen molar-refractivity contribution < 1.29 is 41.0 Å². The summed E-state index contributed by atoms with van der Waals surface area (Å²) >= 11 is 0. The van der Waals surface area contributed by atoms with Crippen LogP contribution in [0.1, 0.15) is 46.2 Å². The van der Waals surface area contributed by atoms with Crippen LogP contribution in [-0.2, 0) is 9.47 Å². The van der Waals surface area contributed by atoms with Crippen LogP contribution in [0.2, 0.25) is 0 Å². The van der Waals surface area contributed by atoms with Gasteiger partial charge in [0, 0.05) is 0 Å². The number of alkyl halides is 3. The van der Waals surface area contributed by atoms with Gasteiger partial charge in [-0.1, -0.05) is 6.07 Å². The van der Waals surface area contributed by atoms with Gasteiger partial charge >= 0.3 is 12.5 Å². The third-order valence-electron chi connectivity index (χ3n) is 4.97. The Hall–Kier alpha value is -3.22. The average Bonchev–Trinajstić information content (AvgIpc) is 3.10. The lowest BCUT2D eigenvalue weighted by atomic mass is 10.1. The number of anilines is 2. The van der Waals surface area contributed by atoms with Gasteiger partial charge < -0.3 is 19.5 Å². The van der Waals surface area contributed by atoms with Gasteiger partial charge in [-0.3, -0.25) is 0 Å². The molecule has 192 valence electrons. The first-order valence-corrected chi connectivity index (χ1v) is 10.6. The van der Waals surface area contributed by atoms with Crippen LogP contribution >= 0.6 is 0 Å². The third kappa shape index (κ3) is 6.68. The molecular weight excluding hydrogens is 479 g/mol. The molecule has 1 N–H and O–H groups in total. The monoisotopic (exact) mass is 504 g/mol. The van der Waals surface area contributed by atoms with E-state index in [1.807, 2.05) is 20.8 Å². The maximum absolute atomic E-state index is 14.7. The summed E-state index contributed by atoms with van der Waals surface area (Å²) < 4.78 is 80.4. The minimum Gasteiger partial charge on any atom is -0.447 e. The molecule has 0 unspecified atom stereocenters. The summed E-state index contributed by atoms with van der Waals surface area (Å²) in [4.78, 5) is 21.4. The molecule has 1 saturated heterocycles. The van der Waals surface area contributed by atoms with Gasteiger partial charge in [0.15, 0.2) is 23.2 Å². The van der Waals surface area contributed by atoms with E-state index < -0.39 is 53.6 Å². The molecular formula is C22H25F5N4O4. The highest BCUT2D eigenvalue weighted by molar-refractivity contribution is 5.89. The minimum absolute atomic E-state index is 0.0374. The third-order valence-corrected chi connectivity index (χ3v) is 4.97. The molecule has 0 radical (unpaired) electrons. The second-order valence-electron chi connectivity index (χ2n) is 8.92. The average molecular weight is 504 g/mol. The number of nitrogens with one attached hydrogen (secondary N) is 1. The highest BCUT2D eigenvalue weighted by Gasteiger charge is 2.42. The summed E-state index contributed by atoms with van der Waals surface area (Å²) in [5.41, 5.74) is -0.281. The maximum Gasteiger partial charge on any atom is 0.573 e. The molecule has 13 heteroatoms. The molecule has 1 amide bonds. The molecule has 0 spiro atoms. The maximum atomic E-state index is 14.7. The smallest absolute Gasteiger partial charge is 0.447 e. The van der Waals surface area contributed by atoms with Crippen LogP contribution in [0.15, 0.2) is 24.4 Å². The predicted molar refractivity (Wildman–Crippen MR) is 115 cm³/mol. The second-order valence-corrected chi connectivity index (χ2v) is 8.92. The van der Waals surface area contributed by atoms with Crippen LogP contribution in [0.3, 0.4) is 0 Å². The molecule has 1 aromatic heterocycles. The van der Waals surface area contributed by atoms with Crippen molar-refractivity contribution in [1.29, 1.82) is 0 Å². The Bertz CT molecular complexity index is 1080. The molecule has 2 heterocycles. The van der Waals surface area contributed by atoms with Gasteiger partial charge in [-0.05, 0) is 52.3 Å². The highest BCUT2D eigenvalue weighted by Crippen LogP contribution is 2.31. The van der Waals surface area contributed by atoms with E-state index in [4.69, 9.17) is 9.47 Å². The van der Waals surface area contributed by atoms with Crippen molar-refractivity contribution in [2.75, 3.05) is 16.8 Å². The predicted octanol–water partition coefficient (Wildman–Crippen LogP) is 5.36. The Balaban J connectivity index is 1.81. The molecule has 1 aliphatic heterocycles. The van der Waals surface area contributed by atoms with Gasteiger partial charge in [-0.15, -0.1) is 13.2 Å². The quantitative estimate of drug-likeness (QED) is 0.509. The largest absolute Gasteiger partial charge is 0.573 e. The SMILES string of the molecule is C[C@H](Nc1ncc(F)c(N2C(=O)OC[C@@H]2[C@@H](C)OC(C)(C)C)n1)c1ccc(OC(F)(F)F)c(F)c1. The topological polar surface area (TPSA) is 85.8 Å². The number of cyclic esters (lactones) is 1. The van der Waals surface area contributed by atoms with E-state index in [-0.39, 0.29) is 23.9 Å². The number of rotatable bonds is 7. The number of ether oxygens (including phenoxy) is 3. The summed E-state index contributed by atoms with van der Waals surface area (Å²) in [6.45, 7) is 8.77. The molecule has 3 atom stereocenters. The Labute approximate surface area is 198 Å². The van der Waals surface area contributed by atoms with Crippen molar-refractivity contribution in [2.45, 2.75) is 64.8 Å². The number of aromatic nitrogens is 2. The fourth-order valence-electron chi connectivity index (χ4n) is 3.53. The van der Waals surface area contributed by atoms with Crippen LogP contribution in [-0.4, -0.2) is 46.8 Å². The Morgan fingerprint density at radius 1 is 1.17 bits per heavy atom. The van der Waals surface area contributed by atoms with Gasteiger partial charge in [0.25, 0.3) is 0 Å². The van der Waals surface area contributed by atoms with E-state index in [2.05, 4.69) is 20.0 Å². The van der Waals surface area contributed by atoms with E-state index in [0.717, 1.165) is 23.2 Å². The number of amides is 1. The van der Waals surface area contributed by atoms with E-state index in [1.54, 1.807) is 13.8 Å². The first-order valence-electron chi connectivity index (χ1n) is 10.6. The fourth-order valence-corrected chi connectivity index (χ4v) is 3.53. The molecule has 8 nitrogen and oxygen atoms in total. The van der Waals surface area contributed by atoms with Crippen molar-refractivity contribution in [3.05, 3.63) is 41.6 Å². The summed E-state index contributed by atoms with van der Waals surface area (Å²) in [6.07, 6.45) is -5.50. The van der Waals surface area contributed by atoms with Crippen LogP contribution in [0.5, 0.6) is 5.75 Å². The first kappa shape index (κ1) is 26.4. The minimum atomic E-state index is -5.03. The molecule has 1 fully saturated rings. The van der Waals surface area contributed by atoms with Crippen molar-refractivity contribution in [3.8, 4) is 5.75 Å². The lowest BCUT2D eigenvalue weighted by molar-refractivity contribution is -0.275. The van der Waals surface area contributed by atoms with Crippen LogP contribution in [0.4, 0.5) is 38.5 Å². The van der Waals surface area contributed by atoms with E-state index in [9.17, 15) is 26.7 Å². The number of hydrogen-bond donors (Lipinski definition) is 1. The van der Waals surface area contributed by atoms with Crippen LogP contribution in [0.25, 0.3) is 0 Å². The highest BCUT2D eigenvalue weighted by atomic mass is 19.4. The van der Waals surface area contributed by atoms with Gasteiger partial charge in [0.05, 0.1) is 23.9 Å². The molecule has 0 bridgehead atoms. The van der Waals surface area contributed by atoms with Crippen LogP contribution < -0.4 is 15.0 Å². The summed E-state index contributed by atoms with van der Waals surface area (Å²) in [6, 6.07) is 1.57. The van der Waals surface area contributed by atoms with Gasteiger partial charge in [-0.2, -0.15) is 4.98 Å². The van der Waals surface area contributed by atoms with E-state index >= 15 is 0 Å². The number of benzene rings is 1. The fraction of sp³-hybridized carbons (Fsp3) is 0.500. The van der Waals surface area contributed by atoms with Crippen molar-refractivity contribution >= 4 is 17.9 Å². The van der Waals surface area contributed by atoms with Crippen molar-refractivity contribution in [2.24, 2.45) is 0 Å². The zero-order chi connectivity index (χ0) is 26.1. The molecule has 2 aromatic rings.